The number of hydrogen-bond acceptors (Lipinski definition) is 6. The number of unbranched alkanes of at least 4 members (excludes halogenated alkanes) is 1. The smallest absolute Gasteiger partial charge is 0.266 e. The van der Waals surface area contributed by atoms with Crippen LogP contribution < -0.4 is 19.4 Å². The molecule has 2 saturated heterocycles. The maximum atomic E-state index is 13.7. The van der Waals surface area contributed by atoms with Crippen LogP contribution in [0.15, 0.2) is 72.8 Å². The monoisotopic (exact) mass is 504 g/mol. The van der Waals surface area contributed by atoms with Crippen LogP contribution in [0, 0.1) is 11.7 Å². The largest absolute Gasteiger partial charge is 0.490 e. The van der Waals surface area contributed by atoms with Crippen molar-refractivity contribution in [1.82, 2.24) is 0 Å². The molecule has 3 aromatic rings. The van der Waals surface area contributed by atoms with Crippen LogP contribution in [0.25, 0.3) is 0 Å². The molecular weight excluding hydrogens is 475 g/mol. The van der Waals surface area contributed by atoms with Crippen molar-refractivity contribution in [3.63, 3.8) is 0 Å². The molecule has 3 aromatic carbocycles. The van der Waals surface area contributed by atoms with Crippen molar-refractivity contribution in [3.8, 4) is 11.5 Å². The number of imide groups is 1. The summed E-state index contributed by atoms with van der Waals surface area (Å²) in [5.74, 6) is -0.931. The second kappa shape index (κ2) is 10.6. The molecule has 7 nitrogen and oxygen atoms in total. The van der Waals surface area contributed by atoms with E-state index < -0.39 is 35.7 Å². The number of carbonyl (C=O) groups excluding carboxylic acids is 2. The highest BCUT2D eigenvalue weighted by Crippen LogP contribution is 2.48. The Bertz CT molecular complexity index is 1270. The average Bonchev–Trinajstić information content (AvgIpc) is 3.42. The molecule has 3 atom stereocenters. The Hall–Kier alpha value is -3.91. The third-order valence-corrected chi connectivity index (χ3v) is 6.58. The number of halogens is 1. The maximum absolute atomic E-state index is 13.7. The summed E-state index contributed by atoms with van der Waals surface area (Å²) in [7, 11) is 0. The molecule has 2 heterocycles. The van der Waals surface area contributed by atoms with Gasteiger partial charge in [0.15, 0.2) is 17.6 Å². The van der Waals surface area contributed by atoms with E-state index in [1.807, 2.05) is 55.5 Å². The van der Waals surface area contributed by atoms with Gasteiger partial charge >= 0.3 is 0 Å². The minimum Gasteiger partial charge on any atom is -0.490 e. The van der Waals surface area contributed by atoms with Crippen LogP contribution in [0.3, 0.4) is 0 Å². The number of carbonyl (C=O) groups is 2. The summed E-state index contributed by atoms with van der Waals surface area (Å²) in [6, 6.07) is 19.6. The zero-order valence-electron chi connectivity index (χ0n) is 20.8. The van der Waals surface area contributed by atoms with Crippen LogP contribution in [0.2, 0.25) is 0 Å². The summed E-state index contributed by atoms with van der Waals surface area (Å²) in [5, 5.41) is 1.63. The molecular formula is C29H29FN2O5. The zero-order valence-corrected chi connectivity index (χ0v) is 20.8. The van der Waals surface area contributed by atoms with Gasteiger partial charge in [0.1, 0.15) is 11.7 Å². The van der Waals surface area contributed by atoms with Gasteiger partial charge in [-0.1, -0.05) is 37.6 Å². The first-order valence-electron chi connectivity index (χ1n) is 12.6. The number of anilines is 2. The van der Waals surface area contributed by atoms with E-state index in [1.54, 1.807) is 5.06 Å². The number of nitrogens with zero attached hydrogens (tertiary/aromatic N) is 2. The highest BCUT2D eigenvalue weighted by atomic mass is 19.1. The number of para-hydroxylation sites is 1. The van der Waals surface area contributed by atoms with E-state index in [9.17, 15) is 14.0 Å². The lowest BCUT2D eigenvalue weighted by Crippen LogP contribution is -2.37. The number of ether oxygens (including phenoxy) is 2. The molecule has 2 aliphatic heterocycles. The lowest BCUT2D eigenvalue weighted by Gasteiger charge is -2.29. The number of amides is 2. The maximum Gasteiger partial charge on any atom is 0.266 e. The Labute approximate surface area is 215 Å². The minimum atomic E-state index is -1.02. The fourth-order valence-electron chi connectivity index (χ4n) is 4.82. The first-order valence-corrected chi connectivity index (χ1v) is 12.6. The van der Waals surface area contributed by atoms with Crippen molar-refractivity contribution in [2.24, 2.45) is 5.92 Å². The van der Waals surface area contributed by atoms with Crippen molar-refractivity contribution in [1.29, 1.82) is 0 Å². The lowest BCUT2D eigenvalue weighted by atomic mass is 9.90. The third-order valence-electron chi connectivity index (χ3n) is 6.58. The molecule has 2 amide bonds. The summed E-state index contributed by atoms with van der Waals surface area (Å²) < 4.78 is 25.3. The average molecular weight is 505 g/mol. The van der Waals surface area contributed by atoms with E-state index in [0.29, 0.717) is 30.4 Å². The molecule has 0 aromatic heterocycles. The van der Waals surface area contributed by atoms with E-state index in [1.165, 1.54) is 24.3 Å². The van der Waals surface area contributed by atoms with Gasteiger partial charge in [0.25, 0.3) is 5.91 Å². The van der Waals surface area contributed by atoms with Gasteiger partial charge in [-0.2, -0.15) is 0 Å². The Balaban J connectivity index is 1.55. The third kappa shape index (κ3) is 4.64. The van der Waals surface area contributed by atoms with E-state index in [2.05, 4.69) is 6.92 Å². The molecule has 5 rings (SSSR count). The molecule has 2 aliphatic rings. The van der Waals surface area contributed by atoms with Gasteiger partial charge in [0, 0.05) is 0 Å². The molecule has 37 heavy (non-hydrogen) atoms. The Morgan fingerprint density at radius 3 is 2.32 bits per heavy atom. The summed E-state index contributed by atoms with van der Waals surface area (Å²) in [6.45, 7) is 5.01. The molecule has 0 spiro atoms. The fraction of sp³-hybridized carbons (Fsp3) is 0.310. The number of hydroxylamine groups is 1. The van der Waals surface area contributed by atoms with Gasteiger partial charge in [0.05, 0.1) is 30.6 Å². The SMILES string of the molecule is CCCCOc1ccc([C@@H]2[C@H]3C(=O)N(c4ccc(F)cc4)C(=O)[C@H]3ON2c2ccccc2)cc1OCC. The Morgan fingerprint density at radius 2 is 1.62 bits per heavy atom. The van der Waals surface area contributed by atoms with Gasteiger partial charge in [-0.15, -0.1) is 0 Å². The van der Waals surface area contributed by atoms with Crippen LogP contribution in [0.5, 0.6) is 11.5 Å². The first kappa shape index (κ1) is 24.8. The predicted molar refractivity (Wildman–Crippen MR) is 137 cm³/mol. The van der Waals surface area contributed by atoms with Gasteiger partial charge in [-0.3, -0.25) is 14.4 Å². The summed E-state index contributed by atoms with van der Waals surface area (Å²) in [6.07, 6.45) is 0.918. The van der Waals surface area contributed by atoms with Gasteiger partial charge in [0.2, 0.25) is 5.91 Å². The van der Waals surface area contributed by atoms with Crippen LogP contribution in [-0.4, -0.2) is 31.1 Å². The number of benzene rings is 3. The van der Waals surface area contributed by atoms with Crippen LogP contribution >= 0.6 is 0 Å². The predicted octanol–water partition coefficient (Wildman–Crippen LogP) is 5.45. The number of fused-ring (bicyclic) bond motifs is 1. The molecule has 0 aliphatic carbocycles. The Morgan fingerprint density at radius 1 is 0.865 bits per heavy atom. The number of rotatable bonds is 9. The van der Waals surface area contributed by atoms with Crippen molar-refractivity contribution in [2.45, 2.75) is 38.8 Å². The Kier molecular flexibility index (Phi) is 7.10. The highest BCUT2D eigenvalue weighted by molar-refractivity contribution is 6.23. The molecule has 0 radical (unpaired) electrons. The fourth-order valence-corrected chi connectivity index (χ4v) is 4.82. The number of hydrogen-bond donors (Lipinski definition) is 0. The molecule has 0 saturated carbocycles. The highest BCUT2D eigenvalue weighted by Gasteiger charge is 2.60. The summed E-state index contributed by atoms with van der Waals surface area (Å²) in [5.41, 5.74) is 1.79. The van der Waals surface area contributed by atoms with Gasteiger partial charge in [-0.25, -0.2) is 14.4 Å². The molecule has 0 N–H and O–H groups in total. The quantitative estimate of drug-likeness (QED) is 0.285. The van der Waals surface area contributed by atoms with E-state index in [0.717, 1.165) is 29.0 Å². The van der Waals surface area contributed by atoms with Gasteiger partial charge < -0.3 is 9.47 Å². The second-order valence-electron chi connectivity index (χ2n) is 8.99. The molecule has 2 fully saturated rings. The van der Waals surface area contributed by atoms with Crippen LogP contribution in [-0.2, 0) is 14.4 Å². The molecule has 8 heteroatoms. The van der Waals surface area contributed by atoms with Crippen molar-refractivity contribution in [3.05, 3.63) is 84.2 Å². The molecule has 192 valence electrons. The van der Waals surface area contributed by atoms with Crippen LogP contribution in [0.1, 0.15) is 38.3 Å². The van der Waals surface area contributed by atoms with E-state index >= 15 is 0 Å². The second-order valence-corrected chi connectivity index (χ2v) is 8.99. The zero-order chi connectivity index (χ0) is 25.9. The molecule has 0 unspecified atom stereocenters. The van der Waals surface area contributed by atoms with Crippen LogP contribution in [0.4, 0.5) is 15.8 Å². The molecule has 0 bridgehead atoms. The van der Waals surface area contributed by atoms with Crippen molar-refractivity contribution < 1.29 is 28.3 Å². The first-order chi connectivity index (χ1) is 18.0. The normalized spacial score (nSPS) is 20.9. The topological polar surface area (TPSA) is 68.3 Å². The minimum absolute atomic E-state index is 0.314. The van der Waals surface area contributed by atoms with E-state index in [4.69, 9.17) is 14.3 Å². The standard InChI is InChI=1S/C29H29FN2O5/c1-3-5-17-36-23-16-11-19(18-24(23)35-4-2)26-25-27(37-32(26)22-9-7-6-8-10-22)29(34)31(28(25)33)21-14-12-20(30)13-15-21/h6-16,18,25-27H,3-5,17H2,1-2H3/t25-,26-,27+/m1/s1. The van der Waals surface area contributed by atoms with Crippen molar-refractivity contribution >= 4 is 23.2 Å². The summed E-state index contributed by atoms with van der Waals surface area (Å²) >= 11 is 0. The van der Waals surface area contributed by atoms with E-state index in [-0.39, 0.29) is 0 Å². The van der Waals surface area contributed by atoms with Crippen molar-refractivity contribution in [2.75, 3.05) is 23.2 Å². The van der Waals surface area contributed by atoms with Gasteiger partial charge in [-0.05, 0) is 67.4 Å². The summed E-state index contributed by atoms with van der Waals surface area (Å²) in [4.78, 5) is 34.4. The lowest BCUT2D eigenvalue weighted by molar-refractivity contribution is -0.126.